The standard InChI is InChI=1S/C14H12BrClN2O2/c1-9-6-10(2-4-12(9)15)8-17-14-7-11(18(19)20)3-5-13(14)16/h2-7,17H,8H2,1H3. The van der Waals surface area contributed by atoms with E-state index in [0.717, 1.165) is 15.6 Å². The molecular weight excluding hydrogens is 344 g/mol. The maximum absolute atomic E-state index is 10.8. The number of non-ortho nitro benzene ring substituents is 1. The predicted molar refractivity (Wildman–Crippen MR) is 84.3 cm³/mol. The van der Waals surface area contributed by atoms with Gasteiger partial charge in [0.2, 0.25) is 0 Å². The van der Waals surface area contributed by atoms with Gasteiger partial charge in [0.25, 0.3) is 5.69 Å². The Morgan fingerprint density at radius 2 is 2.05 bits per heavy atom. The lowest BCUT2D eigenvalue weighted by Gasteiger charge is -2.09. The lowest BCUT2D eigenvalue weighted by atomic mass is 10.1. The highest BCUT2D eigenvalue weighted by Crippen LogP contribution is 2.27. The number of nitrogens with one attached hydrogen (secondary N) is 1. The van der Waals surface area contributed by atoms with Crippen LogP contribution in [0.5, 0.6) is 0 Å². The number of hydrogen-bond acceptors (Lipinski definition) is 3. The van der Waals surface area contributed by atoms with Crippen LogP contribution in [0.25, 0.3) is 0 Å². The molecule has 0 unspecified atom stereocenters. The zero-order valence-electron chi connectivity index (χ0n) is 10.7. The molecule has 0 aliphatic carbocycles. The third-order valence-electron chi connectivity index (χ3n) is 2.87. The van der Waals surface area contributed by atoms with Crippen molar-refractivity contribution in [1.82, 2.24) is 0 Å². The molecule has 0 bridgehead atoms. The van der Waals surface area contributed by atoms with Crippen LogP contribution in [-0.2, 0) is 6.54 Å². The van der Waals surface area contributed by atoms with E-state index in [1.165, 1.54) is 18.2 Å². The minimum atomic E-state index is -0.439. The van der Waals surface area contributed by atoms with Gasteiger partial charge >= 0.3 is 0 Å². The molecule has 0 spiro atoms. The van der Waals surface area contributed by atoms with Crippen LogP contribution >= 0.6 is 27.5 Å². The molecule has 1 N–H and O–H groups in total. The molecule has 0 aromatic heterocycles. The normalized spacial score (nSPS) is 10.3. The summed E-state index contributed by atoms with van der Waals surface area (Å²) in [6, 6.07) is 10.3. The number of aryl methyl sites for hydroxylation is 1. The fourth-order valence-corrected chi connectivity index (χ4v) is 2.21. The number of nitro groups is 1. The van der Waals surface area contributed by atoms with E-state index >= 15 is 0 Å². The summed E-state index contributed by atoms with van der Waals surface area (Å²) >= 11 is 9.48. The molecule has 0 heterocycles. The first-order valence-electron chi connectivity index (χ1n) is 5.90. The Bertz CT molecular complexity index is 662. The molecule has 0 radical (unpaired) electrons. The molecule has 0 saturated heterocycles. The van der Waals surface area contributed by atoms with Gasteiger partial charge in [0.15, 0.2) is 0 Å². The molecule has 0 atom stereocenters. The maximum atomic E-state index is 10.8. The molecule has 0 amide bonds. The van der Waals surface area contributed by atoms with E-state index in [1.807, 2.05) is 25.1 Å². The average Bonchev–Trinajstić information content (AvgIpc) is 2.41. The van der Waals surface area contributed by atoms with Crippen molar-refractivity contribution in [3.05, 3.63) is 67.1 Å². The SMILES string of the molecule is Cc1cc(CNc2cc([N+](=O)[O-])ccc2Cl)ccc1Br. The topological polar surface area (TPSA) is 55.2 Å². The number of hydrogen-bond donors (Lipinski definition) is 1. The van der Waals surface area contributed by atoms with E-state index in [0.29, 0.717) is 17.3 Å². The number of benzene rings is 2. The third-order valence-corrected chi connectivity index (χ3v) is 4.09. The van der Waals surface area contributed by atoms with Crippen molar-refractivity contribution >= 4 is 38.9 Å². The average molecular weight is 356 g/mol. The van der Waals surface area contributed by atoms with Gasteiger partial charge in [-0.1, -0.05) is 39.7 Å². The second-order valence-electron chi connectivity index (χ2n) is 4.36. The fourth-order valence-electron chi connectivity index (χ4n) is 1.78. The minimum Gasteiger partial charge on any atom is -0.380 e. The first-order chi connectivity index (χ1) is 9.47. The summed E-state index contributed by atoms with van der Waals surface area (Å²) in [5.74, 6) is 0. The number of rotatable bonds is 4. The molecule has 6 heteroatoms. The van der Waals surface area contributed by atoms with Crippen LogP contribution in [0, 0.1) is 17.0 Å². The van der Waals surface area contributed by atoms with Crippen molar-refractivity contribution in [3.63, 3.8) is 0 Å². The van der Waals surface area contributed by atoms with Crippen LogP contribution in [0.1, 0.15) is 11.1 Å². The Morgan fingerprint density at radius 3 is 2.70 bits per heavy atom. The van der Waals surface area contributed by atoms with Crippen molar-refractivity contribution in [2.24, 2.45) is 0 Å². The molecule has 0 fully saturated rings. The van der Waals surface area contributed by atoms with Crippen molar-refractivity contribution in [3.8, 4) is 0 Å². The summed E-state index contributed by atoms with van der Waals surface area (Å²) in [7, 11) is 0. The summed E-state index contributed by atoms with van der Waals surface area (Å²) in [6.45, 7) is 2.56. The van der Waals surface area contributed by atoms with Crippen LogP contribution in [-0.4, -0.2) is 4.92 Å². The van der Waals surface area contributed by atoms with Crippen molar-refractivity contribution in [2.45, 2.75) is 13.5 Å². The Kier molecular flexibility index (Phi) is 4.62. The van der Waals surface area contributed by atoms with Gasteiger partial charge < -0.3 is 5.32 Å². The van der Waals surface area contributed by atoms with Crippen LogP contribution in [0.15, 0.2) is 40.9 Å². The summed E-state index contributed by atoms with van der Waals surface area (Å²) in [5, 5.41) is 14.3. The van der Waals surface area contributed by atoms with Gasteiger partial charge in [-0.15, -0.1) is 0 Å². The lowest BCUT2D eigenvalue weighted by Crippen LogP contribution is -2.01. The highest BCUT2D eigenvalue weighted by molar-refractivity contribution is 9.10. The van der Waals surface area contributed by atoms with Crippen molar-refractivity contribution in [2.75, 3.05) is 5.32 Å². The van der Waals surface area contributed by atoms with Crippen LogP contribution in [0.2, 0.25) is 5.02 Å². The van der Waals surface area contributed by atoms with E-state index in [1.54, 1.807) is 0 Å². The maximum Gasteiger partial charge on any atom is 0.271 e. The Labute approximate surface area is 130 Å². The summed E-state index contributed by atoms with van der Waals surface area (Å²) in [6.07, 6.45) is 0. The van der Waals surface area contributed by atoms with E-state index in [9.17, 15) is 10.1 Å². The molecule has 0 aliphatic heterocycles. The smallest absolute Gasteiger partial charge is 0.271 e. The number of nitro benzene ring substituents is 1. The van der Waals surface area contributed by atoms with Crippen LogP contribution < -0.4 is 5.32 Å². The molecule has 104 valence electrons. The predicted octanol–water partition coefficient (Wildman–Crippen LogP) is 4.93. The van der Waals surface area contributed by atoms with Gasteiger partial charge in [-0.25, -0.2) is 0 Å². The van der Waals surface area contributed by atoms with Gasteiger partial charge in [0.1, 0.15) is 0 Å². The first kappa shape index (κ1) is 14.8. The highest BCUT2D eigenvalue weighted by Gasteiger charge is 2.09. The molecule has 2 rings (SSSR count). The molecule has 0 aliphatic rings. The van der Waals surface area contributed by atoms with Gasteiger partial charge in [0, 0.05) is 23.2 Å². The summed E-state index contributed by atoms with van der Waals surface area (Å²) in [5.41, 5.74) is 2.79. The first-order valence-corrected chi connectivity index (χ1v) is 7.07. The zero-order chi connectivity index (χ0) is 14.7. The Balaban J connectivity index is 2.15. The molecule has 2 aromatic rings. The quantitative estimate of drug-likeness (QED) is 0.625. The van der Waals surface area contributed by atoms with Crippen molar-refractivity contribution < 1.29 is 4.92 Å². The highest BCUT2D eigenvalue weighted by atomic mass is 79.9. The van der Waals surface area contributed by atoms with Gasteiger partial charge in [-0.3, -0.25) is 10.1 Å². The largest absolute Gasteiger partial charge is 0.380 e. The molecule has 0 saturated carbocycles. The van der Waals surface area contributed by atoms with E-state index in [-0.39, 0.29) is 5.69 Å². The summed E-state index contributed by atoms with van der Waals surface area (Å²) in [4.78, 5) is 10.3. The Hall–Kier alpha value is -1.59. The van der Waals surface area contributed by atoms with Gasteiger partial charge in [-0.05, 0) is 30.2 Å². The third kappa shape index (κ3) is 3.49. The van der Waals surface area contributed by atoms with E-state index < -0.39 is 4.92 Å². The molecule has 20 heavy (non-hydrogen) atoms. The zero-order valence-corrected chi connectivity index (χ0v) is 13.0. The van der Waals surface area contributed by atoms with E-state index in [4.69, 9.17) is 11.6 Å². The minimum absolute atomic E-state index is 0.0175. The van der Waals surface area contributed by atoms with Crippen molar-refractivity contribution in [1.29, 1.82) is 0 Å². The monoisotopic (exact) mass is 354 g/mol. The number of nitrogens with zero attached hydrogens (tertiary/aromatic N) is 1. The second kappa shape index (κ2) is 6.24. The number of halogens is 2. The van der Waals surface area contributed by atoms with Gasteiger partial charge in [0.05, 0.1) is 15.6 Å². The molecular formula is C14H12BrClN2O2. The van der Waals surface area contributed by atoms with E-state index in [2.05, 4.69) is 21.2 Å². The second-order valence-corrected chi connectivity index (χ2v) is 5.62. The van der Waals surface area contributed by atoms with Gasteiger partial charge in [-0.2, -0.15) is 0 Å². The molecule has 4 nitrogen and oxygen atoms in total. The molecule has 2 aromatic carbocycles. The fraction of sp³-hybridized carbons (Fsp3) is 0.143. The lowest BCUT2D eigenvalue weighted by molar-refractivity contribution is -0.384. The number of anilines is 1. The summed E-state index contributed by atoms with van der Waals surface area (Å²) < 4.78 is 1.05. The van der Waals surface area contributed by atoms with Crippen LogP contribution in [0.4, 0.5) is 11.4 Å². The Morgan fingerprint density at radius 1 is 1.30 bits per heavy atom. The van der Waals surface area contributed by atoms with Crippen LogP contribution in [0.3, 0.4) is 0 Å².